The molecule has 2 aromatic carbocycles. The van der Waals surface area contributed by atoms with E-state index in [0.717, 1.165) is 61.6 Å². The molecule has 1 aliphatic carbocycles. The summed E-state index contributed by atoms with van der Waals surface area (Å²) in [7, 11) is 6.74. The number of fused-ring (bicyclic) bond motifs is 1. The molecule has 6 nitrogen and oxygen atoms in total. The highest BCUT2D eigenvalue weighted by atomic mass is 16.5. The number of aliphatic hydroxyl groups is 1. The van der Waals surface area contributed by atoms with Crippen LogP contribution < -0.4 is 18.9 Å². The summed E-state index contributed by atoms with van der Waals surface area (Å²) in [6, 6.07) is 10.7. The number of benzene rings is 2. The Balaban J connectivity index is 1.69. The van der Waals surface area contributed by atoms with Crippen molar-refractivity contribution >= 4 is 0 Å². The Morgan fingerprint density at radius 3 is 2.19 bits per heavy atom. The molecule has 4 atom stereocenters. The molecule has 2 aliphatic rings. The van der Waals surface area contributed by atoms with Gasteiger partial charge in [0, 0.05) is 24.0 Å². The van der Waals surface area contributed by atoms with E-state index in [0.29, 0.717) is 5.92 Å². The topological polar surface area (TPSA) is 60.4 Å². The van der Waals surface area contributed by atoms with Gasteiger partial charge < -0.3 is 24.1 Å². The van der Waals surface area contributed by atoms with E-state index in [-0.39, 0.29) is 23.6 Å². The van der Waals surface area contributed by atoms with E-state index in [9.17, 15) is 5.11 Å². The Morgan fingerprint density at radius 1 is 0.892 bits per heavy atom. The van der Waals surface area contributed by atoms with E-state index in [2.05, 4.69) is 49.9 Å². The minimum absolute atomic E-state index is 0.146. The number of hydrogen-bond donors (Lipinski definition) is 1. The van der Waals surface area contributed by atoms with Gasteiger partial charge in [0.05, 0.1) is 34.5 Å². The zero-order valence-corrected chi connectivity index (χ0v) is 23.7. The van der Waals surface area contributed by atoms with E-state index in [1.165, 1.54) is 23.1 Å². The Morgan fingerprint density at radius 2 is 1.54 bits per heavy atom. The summed E-state index contributed by atoms with van der Waals surface area (Å²) in [5, 5.41) is 11.2. The second-order valence-corrected chi connectivity index (χ2v) is 11.3. The lowest BCUT2D eigenvalue weighted by Crippen LogP contribution is -2.57. The van der Waals surface area contributed by atoms with Crippen molar-refractivity contribution in [2.24, 2.45) is 11.8 Å². The first kappa shape index (κ1) is 27.6. The van der Waals surface area contributed by atoms with Gasteiger partial charge in [-0.3, -0.25) is 4.90 Å². The van der Waals surface area contributed by atoms with Crippen LogP contribution in [0, 0.1) is 11.8 Å². The van der Waals surface area contributed by atoms with E-state index in [1.54, 1.807) is 28.4 Å². The molecular weight excluding hydrogens is 466 g/mol. The second-order valence-electron chi connectivity index (χ2n) is 11.3. The minimum Gasteiger partial charge on any atom is -0.493 e. The summed E-state index contributed by atoms with van der Waals surface area (Å²) in [5.74, 6) is 3.88. The van der Waals surface area contributed by atoms with Crippen molar-refractivity contribution in [3.8, 4) is 23.0 Å². The highest BCUT2D eigenvalue weighted by Gasteiger charge is 2.45. The van der Waals surface area contributed by atoms with E-state index >= 15 is 0 Å². The van der Waals surface area contributed by atoms with Crippen molar-refractivity contribution in [2.75, 3.05) is 35.0 Å². The van der Waals surface area contributed by atoms with Crippen molar-refractivity contribution in [3.05, 3.63) is 47.0 Å². The summed E-state index contributed by atoms with van der Waals surface area (Å²) in [5.41, 5.74) is 3.69. The third-order valence-corrected chi connectivity index (χ3v) is 8.88. The zero-order chi connectivity index (χ0) is 26.7. The fourth-order valence-electron chi connectivity index (χ4n) is 6.76. The third kappa shape index (κ3) is 5.56. The minimum atomic E-state index is -0.267. The van der Waals surface area contributed by atoms with E-state index < -0.39 is 0 Å². The van der Waals surface area contributed by atoms with Crippen LogP contribution in [0.5, 0.6) is 23.0 Å². The molecule has 1 heterocycles. The van der Waals surface area contributed by atoms with Crippen LogP contribution in [0.2, 0.25) is 0 Å². The van der Waals surface area contributed by atoms with Crippen molar-refractivity contribution in [1.29, 1.82) is 0 Å². The monoisotopic (exact) mass is 511 g/mol. The summed E-state index contributed by atoms with van der Waals surface area (Å²) >= 11 is 0. The quantitative estimate of drug-likeness (QED) is 0.457. The largest absolute Gasteiger partial charge is 0.493 e. The molecule has 1 aliphatic heterocycles. The molecule has 0 amide bonds. The predicted molar refractivity (Wildman–Crippen MR) is 147 cm³/mol. The standard InChI is InChI=1S/C31H45NO5/c1-20-8-11-24(26(33)16-20)31(2,3)32-15-14-22-18-29(36-6)30(37-7)19-23(22)25(32)12-9-21-10-13-27(34-4)28(17-21)35-5/h10,13,17-20,24-26,33H,8-9,11-12,14-16H2,1-7H3/t20-,24-,25-,26-/m1/s1. The van der Waals surface area contributed by atoms with Crippen molar-refractivity contribution < 1.29 is 24.1 Å². The fraction of sp³-hybridized carbons (Fsp3) is 0.613. The average molecular weight is 512 g/mol. The summed E-state index contributed by atoms with van der Waals surface area (Å²) < 4.78 is 22.4. The molecule has 4 rings (SSSR count). The van der Waals surface area contributed by atoms with Crippen LogP contribution in [0.25, 0.3) is 0 Å². The number of aliphatic hydroxyl groups excluding tert-OH is 1. The van der Waals surface area contributed by atoms with Crippen LogP contribution in [-0.2, 0) is 12.8 Å². The number of rotatable bonds is 9. The van der Waals surface area contributed by atoms with Gasteiger partial charge in [0.15, 0.2) is 23.0 Å². The molecular formula is C31H45NO5. The van der Waals surface area contributed by atoms with Gasteiger partial charge in [-0.05, 0) is 92.8 Å². The predicted octanol–water partition coefficient (Wildman–Crippen LogP) is 5.83. The van der Waals surface area contributed by atoms with Crippen LogP contribution in [0.15, 0.2) is 30.3 Å². The molecule has 37 heavy (non-hydrogen) atoms. The molecule has 0 aromatic heterocycles. The Hall–Kier alpha value is -2.44. The summed E-state index contributed by atoms with van der Waals surface area (Å²) in [6.07, 6.45) is 5.66. The normalized spacial score (nSPS) is 24.3. The van der Waals surface area contributed by atoms with Gasteiger partial charge in [-0.25, -0.2) is 0 Å². The average Bonchev–Trinajstić information content (AvgIpc) is 2.90. The van der Waals surface area contributed by atoms with Crippen LogP contribution in [0.4, 0.5) is 0 Å². The van der Waals surface area contributed by atoms with E-state index in [1.807, 2.05) is 6.07 Å². The van der Waals surface area contributed by atoms with Gasteiger partial charge >= 0.3 is 0 Å². The Bertz CT molecular complexity index is 1070. The highest BCUT2D eigenvalue weighted by Crippen LogP contribution is 2.47. The van der Waals surface area contributed by atoms with E-state index in [4.69, 9.17) is 18.9 Å². The molecule has 0 bridgehead atoms. The molecule has 1 fully saturated rings. The number of methoxy groups -OCH3 is 4. The SMILES string of the molecule is COc1ccc(CC[C@@H]2c3cc(OC)c(OC)cc3CCN2C(C)(C)[C@@H]2CC[C@@H](C)C[C@H]2O)cc1OC. The molecule has 1 N–H and O–H groups in total. The van der Waals surface area contributed by atoms with Gasteiger partial charge in [0.25, 0.3) is 0 Å². The highest BCUT2D eigenvalue weighted by molar-refractivity contribution is 5.50. The van der Waals surface area contributed by atoms with Crippen molar-refractivity contribution in [2.45, 2.75) is 77.0 Å². The van der Waals surface area contributed by atoms with Crippen molar-refractivity contribution in [1.82, 2.24) is 4.90 Å². The van der Waals surface area contributed by atoms with Gasteiger partial charge in [-0.1, -0.05) is 19.4 Å². The molecule has 0 radical (unpaired) electrons. The first-order chi connectivity index (χ1) is 17.7. The van der Waals surface area contributed by atoms with Gasteiger partial charge in [0.2, 0.25) is 0 Å². The summed E-state index contributed by atoms with van der Waals surface area (Å²) in [6.45, 7) is 7.89. The lowest BCUT2D eigenvalue weighted by atomic mass is 9.69. The lowest BCUT2D eigenvalue weighted by molar-refractivity contribution is -0.0648. The van der Waals surface area contributed by atoms with Crippen LogP contribution in [-0.4, -0.2) is 56.6 Å². The second kappa shape index (κ2) is 11.5. The molecule has 0 unspecified atom stereocenters. The fourth-order valence-corrected chi connectivity index (χ4v) is 6.76. The molecule has 204 valence electrons. The maximum Gasteiger partial charge on any atom is 0.161 e. The number of nitrogens with zero attached hydrogens (tertiary/aromatic N) is 1. The molecule has 0 saturated heterocycles. The maximum atomic E-state index is 11.2. The third-order valence-electron chi connectivity index (χ3n) is 8.88. The van der Waals surface area contributed by atoms with Crippen LogP contribution in [0.3, 0.4) is 0 Å². The lowest BCUT2D eigenvalue weighted by Gasteiger charge is -2.53. The maximum absolute atomic E-state index is 11.2. The van der Waals surface area contributed by atoms with Crippen LogP contribution >= 0.6 is 0 Å². The van der Waals surface area contributed by atoms with Gasteiger partial charge in [0.1, 0.15) is 0 Å². The first-order valence-corrected chi connectivity index (χ1v) is 13.6. The smallest absolute Gasteiger partial charge is 0.161 e. The Kier molecular flexibility index (Phi) is 8.59. The number of aryl methyl sites for hydroxylation is 1. The first-order valence-electron chi connectivity index (χ1n) is 13.6. The molecule has 0 spiro atoms. The van der Waals surface area contributed by atoms with Gasteiger partial charge in [-0.15, -0.1) is 0 Å². The van der Waals surface area contributed by atoms with Gasteiger partial charge in [-0.2, -0.15) is 0 Å². The molecule has 2 aromatic rings. The van der Waals surface area contributed by atoms with Crippen molar-refractivity contribution in [3.63, 3.8) is 0 Å². The Labute approximate surface area is 222 Å². The molecule has 6 heteroatoms. The number of ether oxygens (including phenoxy) is 4. The molecule has 1 saturated carbocycles. The summed E-state index contributed by atoms with van der Waals surface area (Å²) in [4.78, 5) is 2.66. The zero-order valence-electron chi connectivity index (χ0n) is 23.7. The number of hydrogen-bond acceptors (Lipinski definition) is 6. The van der Waals surface area contributed by atoms with Crippen LogP contribution in [0.1, 0.15) is 69.2 Å².